The van der Waals surface area contributed by atoms with E-state index < -0.39 is 27.3 Å². The minimum Gasteiger partial charge on any atom is -0.348 e. The van der Waals surface area contributed by atoms with E-state index in [-0.39, 0.29) is 0 Å². The van der Waals surface area contributed by atoms with Crippen LogP contribution in [0.15, 0.2) is 12.7 Å². The highest BCUT2D eigenvalue weighted by Crippen LogP contribution is 2.14. The molecule has 0 aliphatic carbocycles. The number of carbonyl (C=O) groups is 1. The molecule has 2 N–H and O–H groups in total. The van der Waals surface area contributed by atoms with Crippen LogP contribution in [0.2, 0.25) is 0 Å². The fourth-order valence-corrected chi connectivity index (χ4v) is 2.99. The molecule has 0 rings (SSSR count). The Hall–Kier alpha value is -0.880. The molecular formula is C16H31NO4S. The van der Waals surface area contributed by atoms with Crippen LogP contribution >= 0.6 is 0 Å². The van der Waals surface area contributed by atoms with E-state index >= 15 is 0 Å². The highest BCUT2D eigenvalue weighted by atomic mass is 32.2. The van der Waals surface area contributed by atoms with Crippen LogP contribution in [-0.4, -0.2) is 30.2 Å². The smallest absolute Gasteiger partial charge is 0.269 e. The number of hydrogen-bond donors (Lipinski definition) is 2. The van der Waals surface area contributed by atoms with E-state index in [9.17, 15) is 13.2 Å². The second-order valence-electron chi connectivity index (χ2n) is 5.80. The van der Waals surface area contributed by atoms with Crippen molar-refractivity contribution in [3.05, 3.63) is 12.7 Å². The fourth-order valence-electron chi connectivity index (χ4n) is 2.37. The highest BCUT2D eigenvalue weighted by Gasteiger charge is 2.28. The first-order chi connectivity index (χ1) is 10.3. The van der Waals surface area contributed by atoms with Crippen molar-refractivity contribution in [1.29, 1.82) is 0 Å². The van der Waals surface area contributed by atoms with Gasteiger partial charge in [-0.05, 0) is 19.4 Å². The molecule has 2 unspecified atom stereocenters. The third kappa shape index (κ3) is 9.95. The molecule has 1 amide bonds. The Morgan fingerprint density at radius 1 is 1.14 bits per heavy atom. The molecule has 5 nitrogen and oxygen atoms in total. The second kappa shape index (κ2) is 11.7. The molecule has 0 aromatic rings. The van der Waals surface area contributed by atoms with Crippen LogP contribution in [0.25, 0.3) is 0 Å². The van der Waals surface area contributed by atoms with Crippen LogP contribution in [0.3, 0.4) is 0 Å². The van der Waals surface area contributed by atoms with Crippen molar-refractivity contribution >= 4 is 16.0 Å². The largest absolute Gasteiger partial charge is 0.348 e. The number of carbonyl (C=O) groups excluding carboxylic acids is 1. The van der Waals surface area contributed by atoms with E-state index in [1.54, 1.807) is 0 Å². The summed E-state index contributed by atoms with van der Waals surface area (Å²) in [5.41, 5.74) is 0. The average molecular weight is 333 g/mol. The maximum Gasteiger partial charge on any atom is 0.269 e. The summed E-state index contributed by atoms with van der Waals surface area (Å²) < 4.78 is 31.7. The lowest BCUT2D eigenvalue weighted by Gasteiger charge is -2.22. The molecule has 0 aliphatic rings. The minimum atomic E-state index is -4.16. The third-order valence-corrected chi connectivity index (χ3v) is 5.19. The molecule has 0 bridgehead atoms. The number of nitrogens with one attached hydrogen (secondary N) is 1. The van der Waals surface area contributed by atoms with Gasteiger partial charge < -0.3 is 5.32 Å². The fraction of sp³-hybridized carbons (Fsp3) is 0.812. The lowest BCUT2D eigenvalue weighted by atomic mass is 10.0. The Kier molecular flexibility index (Phi) is 11.2. The summed E-state index contributed by atoms with van der Waals surface area (Å²) in [6.45, 7) is 6.96. The molecule has 0 aliphatic heterocycles. The predicted molar refractivity (Wildman–Crippen MR) is 90.4 cm³/mol. The Balaban J connectivity index is 4.14. The average Bonchev–Trinajstić information content (AvgIpc) is 2.46. The van der Waals surface area contributed by atoms with E-state index in [1.807, 2.05) is 0 Å². The van der Waals surface area contributed by atoms with Gasteiger partial charge in [-0.15, -0.1) is 0 Å². The van der Waals surface area contributed by atoms with E-state index in [0.29, 0.717) is 6.42 Å². The van der Waals surface area contributed by atoms with Crippen LogP contribution < -0.4 is 5.32 Å². The number of rotatable bonds is 13. The Morgan fingerprint density at radius 3 is 2.09 bits per heavy atom. The van der Waals surface area contributed by atoms with Crippen molar-refractivity contribution in [1.82, 2.24) is 5.32 Å². The van der Waals surface area contributed by atoms with Gasteiger partial charge in [0.15, 0.2) is 0 Å². The minimum absolute atomic E-state index is 0.417. The molecule has 0 aromatic heterocycles. The van der Waals surface area contributed by atoms with Gasteiger partial charge in [0, 0.05) is 6.04 Å². The standard InChI is InChI=1S/C16H31NO4S/c1-4-6-7-8-9-10-11-12-13-15(17-16(18)5-2)14(3)22(19,20)21/h5,14-15H,2,4,6-13H2,1,3H3,(H,17,18)(H,19,20,21). The van der Waals surface area contributed by atoms with E-state index in [1.165, 1.54) is 39.0 Å². The van der Waals surface area contributed by atoms with Crippen LogP contribution in [0, 0.1) is 0 Å². The number of unbranched alkanes of at least 4 members (excludes halogenated alkanes) is 7. The quantitative estimate of drug-likeness (QED) is 0.307. The summed E-state index contributed by atoms with van der Waals surface area (Å²) in [5, 5.41) is 1.58. The van der Waals surface area contributed by atoms with Gasteiger partial charge in [-0.1, -0.05) is 64.9 Å². The third-order valence-electron chi connectivity index (χ3n) is 3.92. The highest BCUT2D eigenvalue weighted by molar-refractivity contribution is 7.86. The van der Waals surface area contributed by atoms with Crippen molar-refractivity contribution in [3.8, 4) is 0 Å². The monoisotopic (exact) mass is 333 g/mol. The normalized spacial score (nSPS) is 14.3. The number of amides is 1. The Bertz CT molecular complexity index is 420. The van der Waals surface area contributed by atoms with Crippen molar-refractivity contribution in [2.24, 2.45) is 0 Å². The second-order valence-corrected chi connectivity index (χ2v) is 7.58. The molecule has 0 aromatic carbocycles. The van der Waals surface area contributed by atoms with Crippen LogP contribution in [0.1, 0.15) is 71.6 Å². The summed E-state index contributed by atoms with van der Waals surface area (Å²) in [4.78, 5) is 11.4. The summed E-state index contributed by atoms with van der Waals surface area (Å²) in [5.74, 6) is -0.417. The molecule has 0 radical (unpaired) electrons. The zero-order valence-corrected chi connectivity index (χ0v) is 14.7. The first kappa shape index (κ1) is 21.1. The SMILES string of the molecule is C=CC(=O)NC(CCCCCCCCCC)C(C)S(=O)(=O)O. The molecular weight excluding hydrogens is 302 g/mol. The van der Waals surface area contributed by atoms with Gasteiger partial charge in [0.05, 0.1) is 0 Å². The molecule has 130 valence electrons. The summed E-state index contributed by atoms with van der Waals surface area (Å²) >= 11 is 0. The van der Waals surface area contributed by atoms with Crippen LogP contribution in [0.4, 0.5) is 0 Å². The van der Waals surface area contributed by atoms with Gasteiger partial charge in [0.2, 0.25) is 5.91 Å². The van der Waals surface area contributed by atoms with Crippen molar-refractivity contribution in [3.63, 3.8) is 0 Å². The lowest BCUT2D eigenvalue weighted by molar-refractivity contribution is -0.117. The summed E-state index contributed by atoms with van der Waals surface area (Å²) in [6, 6.07) is -0.583. The van der Waals surface area contributed by atoms with Gasteiger partial charge in [-0.25, -0.2) is 0 Å². The first-order valence-electron chi connectivity index (χ1n) is 8.22. The maximum absolute atomic E-state index is 11.4. The first-order valence-corrected chi connectivity index (χ1v) is 9.72. The van der Waals surface area contributed by atoms with Gasteiger partial charge in [-0.3, -0.25) is 9.35 Å². The zero-order chi connectivity index (χ0) is 17.0. The van der Waals surface area contributed by atoms with Crippen LogP contribution in [0.5, 0.6) is 0 Å². The van der Waals surface area contributed by atoms with E-state index in [2.05, 4.69) is 18.8 Å². The van der Waals surface area contributed by atoms with Crippen molar-refractivity contribution in [2.45, 2.75) is 82.9 Å². The molecule has 6 heteroatoms. The molecule has 0 heterocycles. The molecule has 0 fully saturated rings. The maximum atomic E-state index is 11.4. The predicted octanol–water partition coefficient (Wildman–Crippen LogP) is 3.46. The van der Waals surface area contributed by atoms with Gasteiger partial charge in [0.25, 0.3) is 10.1 Å². The van der Waals surface area contributed by atoms with Crippen molar-refractivity contribution in [2.75, 3.05) is 0 Å². The number of hydrogen-bond acceptors (Lipinski definition) is 3. The van der Waals surface area contributed by atoms with E-state index in [4.69, 9.17) is 4.55 Å². The Labute approximate surface area is 135 Å². The Morgan fingerprint density at radius 2 is 1.64 bits per heavy atom. The molecule has 0 saturated carbocycles. The molecule has 22 heavy (non-hydrogen) atoms. The summed E-state index contributed by atoms with van der Waals surface area (Å²) in [7, 11) is -4.16. The van der Waals surface area contributed by atoms with Crippen molar-refractivity contribution < 1.29 is 17.8 Å². The molecule has 0 saturated heterocycles. The van der Waals surface area contributed by atoms with Crippen LogP contribution in [-0.2, 0) is 14.9 Å². The zero-order valence-electron chi connectivity index (χ0n) is 13.9. The van der Waals surface area contributed by atoms with Gasteiger partial charge >= 0.3 is 0 Å². The molecule has 0 spiro atoms. The van der Waals surface area contributed by atoms with E-state index in [0.717, 1.165) is 25.3 Å². The topological polar surface area (TPSA) is 83.5 Å². The van der Waals surface area contributed by atoms with Gasteiger partial charge in [0.1, 0.15) is 5.25 Å². The lowest BCUT2D eigenvalue weighted by Crippen LogP contribution is -2.44. The summed E-state index contributed by atoms with van der Waals surface area (Å²) in [6.07, 6.45) is 10.8. The molecule has 2 atom stereocenters. The van der Waals surface area contributed by atoms with Gasteiger partial charge in [-0.2, -0.15) is 8.42 Å².